The van der Waals surface area contributed by atoms with Crippen LogP contribution >= 0.6 is 11.6 Å². The standard InChI is InChI=1S/C11H10ClFN4O2/c12-9-3-8(13)2-1-7(9)5-19-10(18)4-17-6-15-11(14)16-17/h1-3,6H,4-5H2,(H2,14,16). The van der Waals surface area contributed by atoms with Gasteiger partial charge in [0.25, 0.3) is 0 Å². The molecule has 8 heteroatoms. The van der Waals surface area contributed by atoms with Crippen molar-refractivity contribution in [2.45, 2.75) is 13.2 Å². The molecule has 0 aliphatic heterocycles. The molecule has 2 rings (SSSR count). The molecule has 0 unspecified atom stereocenters. The first-order valence-corrected chi connectivity index (χ1v) is 5.67. The molecular formula is C11H10ClFN4O2. The van der Waals surface area contributed by atoms with E-state index in [1.165, 1.54) is 23.1 Å². The van der Waals surface area contributed by atoms with Gasteiger partial charge in [-0.15, -0.1) is 5.10 Å². The van der Waals surface area contributed by atoms with Crippen molar-refractivity contribution in [1.82, 2.24) is 14.8 Å². The Morgan fingerprint density at radius 1 is 1.53 bits per heavy atom. The van der Waals surface area contributed by atoms with E-state index in [1.54, 1.807) is 0 Å². The number of carbonyl (C=O) groups excluding carboxylic acids is 1. The number of hydrogen-bond donors (Lipinski definition) is 1. The molecule has 0 radical (unpaired) electrons. The molecule has 6 nitrogen and oxygen atoms in total. The van der Waals surface area contributed by atoms with Crippen molar-refractivity contribution in [3.63, 3.8) is 0 Å². The van der Waals surface area contributed by atoms with Gasteiger partial charge >= 0.3 is 5.97 Å². The van der Waals surface area contributed by atoms with E-state index in [9.17, 15) is 9.18 Å². The number of hydrogen-bond acceptors (Lipinski definition) is 5. The molecule has 0 amide bonds. The van der Waals surface area contributed by atoms with Gasteiger partial charge in [0.05, 0.1) is 5.02 Å². The van der Waals surface area contributed by atoms with Crippen LogP contribution in [0.1, 0.15) is 5.56 Å². The quantitative estimate of drug-likeness (QED) is 0.858. The van der Waals surface area contributed by atoms with Gasteiger partial charge in [-0.05, 0) is 12.1 Å². The van der Waals surface area contributed by atoms with E-state index in [1.807, 2.05) is 0 Å². The highest BCUT2D eigenvalue weighted by Crippen LogP contribution is 2.18. The molecule has 1 heterocycles. The van der Waals surface area contributed by atoms with E-state index in [2.05, 4.69) is 10.1 Å². The van der Waals surface area contributed by atoms with Crippen LogP contribution in [0.5, 0.6) is 0 Å². The minimum absolute atomic E-state index is 0.0396. The Labute approximate surface area is 112 Å². The van der Waals surface area contributed by atoms with Crippen LogP contribution in [-0.4, -0.2) is 20.7 Å². The maximum absolute atomic E-state index is 12.8. The van der Waals surface area contributed by atoms with E-state index < -0.39 is 11.8 Å². The Morgan fingerprint density at radius 3 is 2.95 bits per heavy atom. The van der Waals surface area contributed by atoms with Crippen molar-refractivity contribution in [3.8, 4) is 0 Å². The molecule has 0 aliphatic rings. The summed E-state index contributed by atoms with van der Waals surface area (Å²) in [6, 6.07) is 3.86. The van der Waals surface area contributed by atoms with Gasteiger partial charge in [-0.2, -0.15) is 0 Å². The van der Waals surface area contributed by atoms with Gasteiger partial charge in [0.1, 0.15) is 25.3 Å². The molecule has 19 heavy (non-hydrogen) atoms. The summed E-state index contributed by atoms with van der Waals surface area (Å²) >= 11 is 5.80. The topological polar surface area (TPSA) is 83.0 Å². The van der Waals surface area contributed by atoms with Gasteiger partial charge in [0.2, 0.25) is 5.95 Å². The average molecular weight is 285 g/mol. The third-order valence-corrected chi connectivity index (χ3v) is 2.60. The Balaban J connectivity index is 1.89. The zero-order valence-corrected chi connectivity index (χ0v) is 10.5. The molecule has 0 fully saturated rings. The maximum atomic E-state index is 12.8. The number of anilines is 1. The van der Waals surface area contributed by atoms with Crippen molar-refractivity contribution < 1.29 is 13.9 Å². The number of halogens is 2. The fraction of sp³-hybridized carbons (Fsp3) is 0.182. The van der Waals surface area contributed by atoms with Crippen LogP contribution in [0.4, 0.5) is 10.3 Å². The molecule has 0 atom stereocenters. The lowest BCUT2D eigenvalue weighted by Crippen LogP contribution is -2.14. The van der Waals surface area contributed by atoms with Gasteiger partial charge in [0.15, 0.2) is 0 Å². The van der Waals surface area contributed by atoms with Crippen LogP contribution in [0, 0.1) is 5.82 Å². The van der Waals surface area contributed by atoms with Gasteiger partial charge < -0.3 is 10.5 Å². The Morgan fingerprint density at radius 2 is 2.32 bits per heavy atom. The maximum Gasteiger partial charge on any atom is 0.328 e. The van der Waals surface area contributed by atoms with Crippen molar-refractivity contribution >= 4 is 23.5 Å². The molecule has 100 valence electrons. The van der Waals surface area contributed by atoms with Gasteiger partial charge in [-0.3, -0.25) is 4.79 Å². The van der Waals surface area contributed by atoms with E-state index in [0.29, 0.717) is 5.56 Å². The highest BCUT2D eigenvalue weighted by atomic mass is 35.5. The van der Waals surface area contributed by atoms with E-state index in [4.69, 9.17) is 22.1 Å². The molecule has 0 bridgehead atoms. The minimum Gasteiger partial charge on any atom is -0.459 e. The van der Waals surface area contributed by atoms with Crippen molar-refractivity contribution in [2.75, 3.05) is 5.73 Å². The lowest BCUT2D eigenvalue weighted by atomic mass is 10.2. The van der Waals surface area contributed by atoms with Crippen LogP contribution in [0.25, 0.3) is 0 Å². The van der Waals surface area contributed by atoms with Crippen LogP contribution in [0.2, 0.25) is 5.02 Å². The van der Waals surface area contributed by atoms with Crippen LogP contribution in [0.15, 0.2) is 24.5 Å². The lowest BCUT2D eigenvalue weighted by Gasteiger charge is -2.06. The monoisotopic (exact) mass is 284 g/mol. The summed E-state index contributed by atoms with van der Waals surface area (Å²) in [6.07, 6.45) is 1.32. The van der Waals surface area contributed by atoms with E-state index in [0.717, 1.165) is 6.07 Å². The molecule has 0 aliphatic carbocycles. The average Bonchev–Trinajstić information content (AvgIpc) is 2.73. The van der Waals surface area contributed by atoms with E-state index >= 15 is 0 Å². The number of esters is 1. The minimum atomic E-state index is -0.523. The summed E-state index contributed by atoms with van der Waals surface area (Å²) in [7, 11) is 0. The number of aromatic nitrogens is 3. The molecule has 2 N–H and O–H groups in total. The normalized spacial score (nSPS) is 10.4. The first-order chi connectivity index (χ1) is 9.04. The number of rotatable bonds is 4. The number of benzene rings is 1. The van der Waals surface area contributed by atoms with Crippen molar-refractivity contribution in [1.29, 1.82) is 0 Å². The SMILES string of the molecule is Nc1ncn(CC(=O)OCc2ccc(F)cc2Cl)n1. The summed E-state index contributed by atoms with van der Waals surface area (Å²) in [6.45, 7) is -0.148. The summed E-state index contributed by atoms with van der Waals surface area (Å²) in [4.78, 5) is 15.2. The number of carbonyl (C=O) groups is 1. The Hall–Kier alpha value is -2.15. The number of nitrogens with zero attached hydrogens (tertiary/aromatic N) is 3. The van der Waals surface area contributed by atoms with Crippen molar-refractivity contribution in [3.05, 3.63) is 40.9 Å². The van der Waals surface area contributed by atoms with Crippen LogP contribution in [-0.2, 0) is 22.7 Å². The third kappa shape index (κ3) is 3.65. The Kier molecular flexibility index (Phi) is 3.96. The second-order valence-corrected chi connectivity index (χ2v) is 4.10. The predicted molar refractivity (Wildman–Crippen MR) is 65.6 cm³/mol. The molecular weight excluding hydrogens is 275 g/mol. The second-order valence-electron chi connectivity index (χ2n) is 3.70. The highest BCUT2D eigenvalue weighted by Gasteiger charge is 2.08. The first-order valence-electron chi connectivity index (χ1n) is 5.29. The highest BCUT2D eigenvalue weighted by molar-refractivity contribution is 6.31. The third-order valence-electron chi connectivity index (χ3n) is 2.25. The van der Waals surface area contributed by atoms with E-state index in [-0.39, 0.29) is 24.1 Å². The van der Waals surface area contributed by atoms with Crippen LogP contribution < -0.4 is 5.73 Å². The fourth-order valence-corrected chi connectivity index (χ4v) is 1.58. The summed E-state index contributed by atoms with van der Waals surface area (Å²) in [5.74, 6) is -0.891. The molecule has 2 aromatic rings. The molecule has 0 spiro atoms. The zero-order valence-electron chi connectivity index (χ0n) is 9.72. The second kappa shape index (κ2) is 5.66. The molecule has 0 saturated carbocycles. The number of ether oxygens (including phenoxy) is 1. The smallest absolute Gasteiger partial charge is 0.328 e. The Bertz CT molecular complexity index is 602. The van der Waals surface area contributed by atoms with Gasteiger partial charge in [-0.1, -0.05) is 17.7 Å². The molecule has 0 saturated heterocycles. The number of nitrogen functional groups attached to an aromatic ring is 1. The fourth-order valence-electron chi connectivity index (χ4n) is 1.36. The van der Waals surface area contributed by atoms with Crippen molar-refractivity contribution in [2.24, 2.45) is 0 Å². The van der Waals surface area contributed by atoms with Gasteiger partial charge in [-0.25, -0.2) is 14.1 Å². The first kappa shape index (κ1) is 13.3. The summed E-state index contributed by atoms with van der Waals surface area (Å²) in [5.41, 5.74) is 5.83. The molecule has 1 aromatic heterocycles. The van der Waals surface area contributed by atoms with Crippen LogP contribution in [0.3, 0.4) is 0 Å². The summed E-state index contributed by atoms with van der Waals surface area (Å²) < 4.78 is 19.1. The number of nitrogens with two attached hydrogens (primary N) is 1. The lowest BCUT2D eigenvalue weighted by molar-refractivity contribution is -0.145. The largest absolute Gasteiger partial charge is 0.459 e. The zero-order chi connectivity index (χ0) is 13.8. The molecule has 1 aromatic carbocycles. The van der Waals surface area contributed by atoms with Gasteiger partial charge in [0, 0.05) is 5.56 Å². The summed E-state index contributed by atoms with van der Waals surface area (Å²) in [5, 5.41) is 3.95. The predicted octanol–water partition coefficient (Wildman–Crippen LogP) is 1.40.